The van der Waals surface area contributed by atoms with Gasteiger partial charge < -0.3 is 5.32 Å². The fourth-order valence-corrected chi connectivity index (χ4v) is 4.06. The van der Waals surface area contributed by atoms with Crippen molar-refractivity contribution in [3.63, 3.8) is 0 Å². The van der Waals surface area contributed by atoms with Crippen molar-refractivity contribution in [1.82, 2.24) is 34.8 Å². The first kappa shape index (κ1) is 16.3. The molecule has 0 spiro atoms. The smallest absolute Gasteiger partial charge is 0.166 e. The molecule has 136 valence electrons. The lowest BCUT2D eigenvalue weighted by Gasteiger charge is -2.22. The van der Waals surface area contributed by atoms with Crippen LogP contribution in [0.3, 0.4) is 0 Å². The van der Waals surface area contributed by atoms with Crippen LogP contribution < -0.4 is 5.32 Å². The Bertz CT molecular complexity index is 1030. The Kier molecular flexibility index (Phi) is 4.27. The molecule has 3 aromatic heterocycles. The minimum Gasteiger partial charge on any atom is -0.317 e. The number of nitrogens with zero attached hydrogens (tertiary/aromatic N) is 6. The van der Waals surface area contributed by atoms with Gasteiger partial charge in [0.2, 0.25) is 0 Å². The average Bonchev–Trinajstić information content (AvgIpc) is 3.50. The second-order valence-electron chi connectivity index (χ2n) is 6.61. The van der Waals surface area contributed by atoms with Crippen LogP contribution in [0.4, 0.5) is 0 Å². The number of aromatic nitrogens is 6. The van der Waals surface area contributed by atoms with Crippen molar-refractivity contribution in [2.75, 3.05) is 13.1 Å². The Balaban J connectivity index is 1.48. The Morgan fingerprint density at radius 2 is 2.04 bits per heavy atom. The van der Waals surface area contributed by atoms with Crippen LogP contribution >= 0.6 is 11.3 Å². The summed E-state index contributed by atoms with van der Waals surface area (Å²) in [4.78, 5) is 8.94. The largest absolute Gasteiger partial charge is 0.317 e. The molecule has 4 heterocycles. The van der Waals surface area contributed by atoms with Crippen molar-refractivity contribution in [1.29, 1.82) is 0 Å². The first-order valence-electron chi connectivity index (χ1n) is 9.04. The zero-order valence-electron chi connectivity index (χ0n) is 14.7. The summed E-state index contributed by atoms with van der Waals surface area (Å²) in [6.45, 7) is 2.05. The Morgan fingerprint density at radius 1 is 1.11 bits per heavy atom. The minimum absolute atomic E-state index is 0.406. The van der Waals surface area contributed by atoms with Crippen LogP contribution in [-0.4, -0.2) is 42.6 Å². The third-order valence-electron chi connectivity index (χ3n) is 4.92. The number of piperidine rings is 1. The normalized spacial score (nSPS) is 15.3. The highest BCUT2D eigenvalue weighted by molar-refractivity contribution is 7.07. The van der Waals surface area contributed by atoms with Crippen molar-refractivity contribution in [3.05, 3.63) is 53.7 Å². The van der Waals surface area contributed by atoms with Gasteiger partial charge in [0.25, 0.3) is 0 Å². The molecular weight excluding hydrogens is 358 g/mol. The van der Waals surface area contributed by atoms with Crippen molar-refractivity contribution in [3.8, 4) is 28.5 Å². The molecule has 1 aromatic carbocycles. The van der Waals surface area contributed by atoms with Crippen LogP contribution in [0, 0.1) is 0 Å². The number of benzene rings is 1. The molecule has 7 nitrogen and oxygen atoms in total. The van der Waals surface area contributed by atoms with Gasteiger partial charge in [-0.05, 0) is 38.1 Å². The Labute approximate surface area is 160 Å². The zero-order chi connectivity index (χ0) is 18.1. The number of nitrogens with one attached hydrogen (secondary N) is 1. The maximum atomic E-state index is 4.53. The number of hydrogen-bond acceptors (Lipinski definition) is 6. The number of hydrogen-bond donors (Lipinski definition) is 1. The first-order chi connectivity index (χ1) is 13.4. The number of thiazole rings is 1. The fraction of sp³-hybridized carbons (Fsp3) is 0.263. The molecule has 1 aliphatic heterocycles. The molecule has 27 heavy (non-hydrogen) atoms. The van der Waals surface area contributed by atoms with Crippen molar-refractivity contribution in [2.24, 2.45) is 0 Å². The summed E-state index contributed by atoms with van der Waals surface area (Å²) in [6.07, 6.45) is 7.92. The summed E-state index contributed by atoms with van der Waals surface area (Å²) in [5.41, 5.74) is 5.75. The third-order valence-corrected chi connectivity index (χ3v) is 5.50. The van der Waals surface area contributed by atoms with Gasteiger partial charge in [0.05, 0.1) is 23.4 Å². The number of rotatable bonds is 4. The van der Waals surface area contributed by atoms with Gasteiger partial charge in [-0.1, -0.05) is 17.3 Å². The molecule has 0 radical (unpaired) electrons. The summed E-state index contributed by atoms with van der Waals surface area (Å²) in [7, 11) is 0. The molecule has 0 saturated carbocycles. The SMILES string of the molecule is c1cc(-c2cscn2)cc(-n2ccnc2-c2cn(C3CCNCC3)nn2)c1. The van der Waals surface area contributed by atoms with Gasteiger partial charge in [0, 0.05) is 29.0 Å². The lowest BCUT2D eigenvalue weighted by molar-refractivity contribution is 0.337. The van der Waals surface area contributed by atoms with Crippen LogP contribution in [0.1, 0.15) is 18.9 Å². The summed E-state index contributed by atoms with van der Waals surface area (Å²) < 4.78 is 4.04. The van der Waals surface area contributed by atoms with Gasteiger partial charge in [0.15, 0.2) is 5.82 Å². The molecule has 5 rings (SSSR count). The molecule has 4 aromatic rings. The summed E-state index contributed by atoms with van der Waals surface area (Å²) in [5.74, 6) is 0.797. The van der Waals surface area contributed by atoms with E-state index in [4.69, 9.17) is 0 Å². The highest BCUT2D eigenvalue weighted by atomic mass is 32.1. The van der Waals surface area contributed by atoms with E-state index >= 15 is 0 Å². The van der Waals surface area contributed by atoms with Crippen molar-refractivity contribution in [2.45, 2.75) is 18.9 Å². The molecular formula is C19H19N7S. The molecule has 1 saturated heterocycles. The summed E-state index contributed by atoms with van der Waals surface area (Å²) in [6, 6.07) is 8.71. The van der Waals surface area contributed by atoms with Crippen LogP contribution in [-0.2, 0) is 0 Å². The van der Waals surface area contributed by atoms with Crippen LogP contribution in [0.15, 0.2) is 53.7 Å². The Morgan fingerprint density at radius 3 is 2.89 bits per heavy atom. The van der Waals surface area contributed by atoms with E-state index in [0.29, 0.717) is 6.04 Å². The Hall–Kier alpha value is -2.84. The molecule has 1 N–H and O–H groups in total. The molecule has 0 bridgehead atoms. The standard InChI is InChI=1S/C19H19N7S/c1-2-14(18-12-27-13-22-18)10-16(3-1)25-9-8-21-19(25)17-11-26(24-23-17)15-4-6-20-7-5-15/h1-3,8-13,15,20H,4-7H2. The van der Waals surface area contributed by atoms with Gasteiger partial charge in [-0.2, -0.15) is 0 Å². The van der Waals surface area contributed by atoms with E-state index in [9.17, 15) is 0 Å². The van der Waals surface area contributed by atoms with Gasteiger partial charge in [-0.3, -0.25) is 4.57 Å². The van der Waals surface area contributed by atoms with Crippen LogP contribution in [0.5, 0.6) is 0 Å². The third kappa shape index (κ3) is 3.17. The van der Waals surface area contributed by atoms with E-state index in [1.54, 1.807) is 17.5 Å². The molecule has 1 aliphatic rings. The van der Waals surface area contributed by atoms with Gasteiger partial charge in [-0.15, -0.1) is 16.4 Å². The molecule has 1 fully saturated rings. The average molecular weight is 377 g/mol. The molecule has 0 atom stereocenters. The highest BCUT2D eigenvalue weighted by Gasteiger charge is 2.19. The quantitative estimate of drug-likeness (QED) is 0.591. The van der Waals surface area contributed by atoms with Gasteiger partial charge in [-0.25, -0.2) is 14.6 Å². The molecule has 8 heteroatoms. The first-order valence-corrected chi connectivity index (χ1v) is 9.98. The van der Waals surface area contributed by atoms with E-state index in [1.165, 1.54) is 0 Å². The van der Waals surface area contributed by atoms with Gasteiger partial charge in [0.1, 0.15) is 5.69 Å². The van der Waals surface area contributed by atoms with E-state index in [-0.39, 0.29) is 0 Å². The number of imidazole rings is 1. The van der Waals surface area contributed by atoms with Crippen molar-refractivity contribution >= 4 is 11.3 Å². The summed E-state index contributed by atoms with van der Waals surface area (Å²) >= 11 is 1.60. The maximum absolute atomic E-state index is 4.53. The van der Waals surface area contributed by atoms with Crippen LogP contribution in [0.25, 0.3) is 28.5 Å². The predicted octanol–water partition coefficient (Wildman–Crippen LogP) is 3.18. The minimum atomic E-state index is 0.406. The van der Waals surface area contributed by atoms with E-state index in [1.807, 2.05) is 33.2 Å². The summed E-state index contributed by atoms with van der Waals surface area (Å²) in [5, 5.41) is 14.2. The van der Waals surface area contributed by atoms with E-state index in [2.05, 4.69) is 49.2 Å². The monoisotopic (exact) mass is 377 g/mol. The van der Waals surface area contributed by atoms with E-state index in [0.717, 1.165) is 54.4 Å². The zero-order valence-corrected chi connectivity index (χ0v) is 15.5. The lowest BCUT2D eigenvalue weighted by Crippen LogP contribution is -2.29. The van der Waals surface area contributed by atoms with Crippen LogP contribution in [0.2, 0.25) is 0 Å². The molecule has 0 unspecified atom stereocenters. The highest BCUT2D eigenvalue weighted by Crippen LogP contribution is 2.26. The second-order valence-corrected chi connectivity index (χ2v) is 7.33. The van der Waals surface area contributed by atoms with Crippen molar-refractivity contribution < 1.29 is 0 Å². The maximum Gasteiger partial charge on any atom is 0.166 e. The second kappa shape index (κ2) is 7.05. The molecule has 0 amide bonds. The molecule has 0 aliphatic carbocycles. The predicted molar refractivity (Wildman–Crippen MR) is 105 cm³/mol. The topological polar surface area (TPSA) is 73.5 Å². The fourth-order valence-electron chi connectivity index (χ4n) is 3.50. The van der Waals surface area contributed by atoms with Gasteiger partial charge >= 0.3 is 0 Å². The lowest BCUT2D eigenvalue weighted by atomic mass is 10.1. The van der Waals surface area contributed by atoms with E-state index < -0.39 is 0 Å².